The fourth-order valence-electron chi connectivity index (χ4n) is 2.81. The van der Waals surface area contributed by atoms with Crippen LogP contribution in [0.4, 0.5) is 0 Å². The highest BCUT2D eigenvalue weighted by Crippen LogP contribution is 2.17. The number of hydrogen-bond acceptors (Lipinski definition) is 3. The molecule has 7 heteroatoms. The lowest BCUT2D eigenvalue weighted by molar-refractivity contribution is 0.0927. The molecule has 0 radical (unpaired) electrons. The molecule has 1 amide bonds. The SMILES string of the molecule is O=C(NC1CCCCCC1)c1ccn(Cn2cc(Br)cn2)n1. The zero-order valence-corrected chi connectivity index (χ0v) is 14.0. The Morgan fingerprint density at radius 3 is 2.73 bits per heavy atom. The Morgan fingerprint density at radius 2 is 2.05 bits per heavy atom. The van der Waals surface area contributed by atoms with Crippen LogP contribution < -0.4 is 5.32 Å². The molecule has 2 heterocycles. The smallest absolute Gasteiger partial charge is 0.271 e. The fourth-order valence-corrected chi connectivity index (χ4v) is 3.14. The van der Waals surface area contributed by atoms with E-state index in [4.69, 9.17) is 0 Å². The molecule has 0 bridgehead atoms. The molecular weight excluding hydrogens is 346 g/mol. The van der Waals surface area contributed by atoms with Crippen molar-refractivity contribution in [3.63, 3.8) is 0 Å². The van der Waals surface area contributed by atoms with E-state index in [0.717, 1.165) is 17.3 Å². The third kappa shape index (κ3) is 3.97. The quantitative estimate of drug-likeness (QED) is 0.847. The molecule has 118 valence electrons. The molecule has 1 N–H and O–H groups in total. The van der Waals surface area contributed by atoms with Crippen LogP contribution in [0.3, 0.4) is 0 Å². The second kappa shape index (κ2) is 7.09. The second-order valence-electron chi connectivity index (χ2n) is 5.74. The number of halogens is 1. The molecule has 0 spiro atoms. The van der Waals surface area contributed by atoms with Crippen LogP contribution in [0.1, 0.15) is 49.0 Å². The molecule has 1 aliphatic carbocycles. The summed E-state index contributed by atoms with van der Waals surface area (Å²) >= 11 is 3.36. The lowest BCUT2D eigenvalue weighted by Crippen LogP contribution is -2.34. The first-order valence-corrected chi connectivity index (χ1v) is 8.52. The van der Waals surface area contributed by atoms with Crippen molar-refractivity contribution in [3.8, 4) is 0 Å². The number of nitrogens with zero attached hydrogens (tertiary/aromatic N) is 4. The molecule has 2 aromatic rings. The van der Waals surface area contributed by atoms with Gasteiger partial charge in [-0.2, -0.15) is 10.2 Å². The molecule has 6 nitrogen and oxygen atoms in total. The first-order valence-electron chi connectivity index (χ1n) is 7.73. The van der Waals surface area contributed by atoms with Gasteiger partial charge < -0.3 is 5.32 Å². The van der Waals surface area contributed by atoms with Gasteiger partial charge in [0.25, 0.3) is 5.91 Å². The molecule has 0 saturated heterocycles. The van der Waals surface area contributed by atoms with Gasteiger partial charge in [0.1, 0.15) is 12.4 Å². The monoisotopic (exact) mass is 365 g/mol. The summed E-state index contributed by atoms with van der Waals surface area (Å²) in [6, 6.07) is 2.05. The lowest BCUT2D eigenvalue weighted by atomic mass is 10.1. The molecule has 0 unspecified atom stereocenters. The summed E-state index contributed by atoms with van der Waals surface area (Å²) in [5.41, 5.74) is 0.468. The molecule has 2 aromatic heterocycles. The Morgan fingerprint density at radius 1 is 1.27 bits per heavy atom. The average molecular weight is 366 g/mol. The number of aromatic nitrogens is 4. The Bertz CT molecular complexity index is 627. The summed E-state index contributed by atoms with van der Waals surface area (Å²) in [4.78, 5) is 12.3. The normalized spacial score (nSPS) is 16.4. The van der Waals surface area contributed by atoms with Gasteiger partial charge in [-0.05, 0) is 34.8 Å². The number of rotatable bonds is 4. The zero-order valence-electron chi connectivity index (χ0n) is 12.4. The summed E-state index contributed by atoms with van der Waals surface area (Å²) < 4.78 is 4.39. The van der Waals surface area contributed by atoms with Crippen molar-refractivity contribution in [3.05, 3.63) is 34.8 Å². The molecule has 1 fully saturated rings. The van der Waals surface area contributed by atoms with Crippen LogP contribution in [0.15, 0.2) is 29.1 Å². The maximum Gasteiger partial charge on any atom is 0.271 e. The van der Waals surface area contributed by atoms with Gasteiger partial charge in [0.2, 0.25) is 0 Å². The molecule has 0 aliphatic heterocycles. The zero-order chi connectivity index (χ0) is 15.4. The molecular formula is C15H20BrN5O. The summed E-state index contributed by atoms with van der Waals surface area (Å²) in [6.07, 6.45) is 12.5. The van der Waals surface area contributed by atoms with Crippen molar-refractivity contribution in [2.24, 2.45) is 0 Å². The molecule has 3 rings (SSSR count). The fraction of sp³-hybridized carbons (Fsp3) is 0.533. The predicted molar refractivity (Wildman–Crippen MR) is 86.5 cm³/mol. The van der Waals surface area contributed by atoms with Crippen LogP contribution in [0, 0.1) is 0 Å². The third-order valence-electron chi connectivity index (χ3n) is 3.96. The van der Waals surface area contributed by atoms with Crippen LogP contribution in [0.25, 0.3) is 0 Å². The van der Waals surface area contributed by atoms with Gasteiger partial charge in [-0.1, -0.05) is 25.7 Å². The van der Waals surface area contributed by atoms with Crippen molar-refractivity contribution in [1.82, 2.24) is 24.9 Å². The molecule has 1 aliphatic rings. The van der Waals surface area contributed by atoms with Gasteiger partial charge in [0, 0.05) is 18.4 Å². The van der Waals surface area contributed by atoms with E-state index >= 15 is 0 Å². The van der Waals surface area contributed by atoms with E-state index in [1.165, 1.54) is 25.7 Å². The Kier molecular flexibility index (Phi) is 4.92. The van der Waals surface area contributed by atoms with Gasteiger partial charge in [-0.15, -0.1) is 0 Å². The van der Waals surface area contributed by atoms with Gasteiger partial charge in [0.15, 0.2) is 0 Å². The molecule has 0 atom stereocenters. The Balaban J connectivity index is 1.58. The van der Waals surface area contributed by atoms with E-state index < -0.39 is 0 Å². The highest BCUT2D eigenvalue weighted by Gasteiger charge is 2.17. The van der Waals surface area contributed by atoms with Crippen LogP contribution in [-0.2, 0) is 6.67 Å². The minimum atomic E-state index is -0.0766. The largest absolute Gasteiger partial charge is 0.348 e. The van der Waals surface area contributed by atoms with Crippen molar-refractivity contribution >= 4 is 21.8 Å². The van der Waals surface area contributed by atoms with Crippen LogP contribution >= 0.6 is 15.9 Å². The van der Waals surface area contributed by atoms with Crippen molar-refractivity contribution in [1.29, 1.82) is 0 Å². The number of hydrogen-bond donors (Lipinski definition) is 1. The van der Waals surface area contributed by atoms with Gasteiger partial charge in [-0.3, -0.25) is 9.48 Å². The van der Waals surface area contributed by atoms with Gasteiger partial charge in [-0.25, -0.2) is 4.68 Å². The topological polar surface area (TPSA) is 64.7 Å². The maximum absolute atomic E-state index is 12.3. The van der Waals surface area contributed by atoms with Gasteiger partial charge >= 0.3 is 0 Å². The minimum Gasteiger partial charge on any atom is -0.348 e. The number of amides is 1. The average Bonchev–Trinajstić information content (AvgIpc) is 3.04. The summed E-state index contributed by atoms with van der Waals surface area (Å²) in [7, 11) is 0. The molecule has 1 saturated carbocycles. The number of nitrogens with one attached hydrogen (secondary N) is 1. The number of carbonyl (C=O) groups is 1. The standard InChI is InChI=1S/C15H20BrN5O/c16-12-9-17-21(10-12)11-20-8-7-14(19-20)15(22)18-13-5-3-1-2-4-6-13/h7-10,13H,1-6,11H2,(H,18,22). The van der Waals surface area contributed by atoms with E-state index in [1.807, 2.05) is 6.20 Å². The maximum atomic E-state index is 12.3. The van der Waals surface area contributed by atoms with Crippen LogP contribution in [0.5, 0.6) is 0 Å². The first-order chi connectivity index (χ1) is 10.7. The third-order valence-corrected chi connectivity index (χ3v) is 4.36. The Hall–Kier alpha value is -1.63. The van der Waals surface area contributed by atoms with Crippen molar-refractivity contribution in [2.75, 3.05) is 0 Å². The second-order valence-corrected chi connectivity index (χ2v) is 6.66. The van der Waals surface area contributed by atoms with E-state index in [9.17, 15) is 4.79 Å². The highest BCUT2D eigenvalue weighted by molar-refractivity contribution is 9.10. The van der Waals surface area contributed by atoms with Crippen LogP contribution in [0.2, 0.25) is 0 Å². The summed E-state index contributed by atoms with van der Waals surface area (Å²) in [6.45, 7) is 0.488. The van der Waals surface area contributed by atoms with E-state index in [0.29, 0.717) is 18.4 Å². The van der Waals surface area contributed by atoms with Crippen LogP contribution in [-0.4, -0.2) is 31.5 Å². The summed E-state index contributed by atoms with van der Waals surface area (Å²) in [5.74, 6) is -0.0766. The highest BCUT2D eigenvalue weighted by atomic mass is 79.9. The van der Waals surface area contributed by atoms with Crippen molar-refractivity contribution < 1.29 is 4.79 Å². The summed E-state index contributed by atoms with van der Waals surface area (Å²) in [5, 5.41) is 11.6. The van der Waals surface area contributed by atoms with E-state index in [1.54, 1.807) is 27.8 Å². The minimum absolute atomic E-state index is 0.0766. The van der Waals surface area contributed by atoms with Crippen molar-refractivity contribution in [2.45, 2.75) is 51.2 Å². The molecule has 22 heavy (non-hydrogen) atoms. The number of carbonyl (C=O) groups excluding carboxylic acids is 1. The van der Waals surface area contributed by atoms with E-state index in [-0.39, 0.29) is 5.91 Å². The Labute approximate surface area is 138 Å². The van der Waals surface area contributed by atoms with E-state index in [2.05, 4.69) is 31.4 Å². The molecule has 0 aromatic carbocycles. The van der Waals surface area contributed by atoms with Gasteiger partial charge in [0.05, 0.1) is 10.7 Å². The first kappa shape index (κ1) is 15.3. The lowest BCUT2D eigenvalue weighted by Gasteiger charge is -2.15. The predicted octanol–water partition coefficient (Wildman–Crippen LogP) is 2.80.